The highest BCUT2D eigenvalue weighted by Gasteiger charge is 2.03. The lowest BCUT2D eigenvalue weighted by molar-refractivity contribution is 0.0557. The van der Waals surface area contributed by atoms with E-state index in [-0.39, 0.29) is 11.6 Å². The van der Waals surface area contributed by atoms with Gasteiger partial charge in [-0.3, -0.25) is 9.59 Å². The number of hydrogen-bond donors (Lipinski definition) is 2. The standard InChI is InChI=1S/C34H36N2O4/c1-25(37)27-3-7-29(8-4-27)31-11-15-33(16-12-31)35-19-21-39-23-24-40-22-20-36-34-17-13-32(14-18-34)30-9-5-28(6-10-30)26(2)38/h3-18,35-36H,19-24H2,1-2H3. The maximum absolute atomic E-state index is 11.4. The largest absolute Gasteiger partial charge is 0.383 e. The van der Waals surface area contributed by atoms with E-state index in [1.807, 2.05) is 72.8 Å². The summed E-state index contributed by atoms with van der Waals surface area (Å²) >= 11 is 0. The summed E-state index contributed by atoms with van der Waals surface area (Å²) in [7, 11) is 0. The normalized spacial score (nSPS) is 10.8. The van der Waals surface area contributed by atoms with Gasteiger partial charge in [-0.25, -0.2) is 0 Å². The molecule has 0 atom stereocenters. The Morgan fingerprint density at radius 1 is 0.475 bits per heavy atom. The summed E-state index contributed by atoms with van der Waals surface area (Å²) in [6, 6.07) is 31.8. The van der Waals surface area contributed by atoms with Crippen LogP contribution in [0.2, 0.25) is 0 Å². The quantitative estimate of drug-likeness (QED) is 0.126. The molecule has 0 aromatic heterocycles. The van der Waals surface area contributed by atoms with E-state index in [9.17, 15) is 9.59 Å². The van der Waals surface area contributed by atoms with Crippen LogP contribution in [0.4, 0.5) is 11.4 Å². The van der Waals surface area contributed by atoms with Gasteiger partial charge in [-0.2, -0.15) is 0 Å². The summed E-state index contributed by atoms with van der Waals surface area (Å²) in [5.41, 5.74) is 7.91. The third-order valence-electron chi connectivity index (χ3n) is 6.54. The van der Waals surface area contributed by atoms with Crippen molar-refractivity contribution < 1.29 is 19.1 Å². The fourth-order valence-corrected chi connectivity index (χ4v) is 4.21. The number of ether oxygens (including phenoxy) is 2. The van der Waals surface area contributed by atoms with Crippen molar-refractivity contribution in [1.82, 2.24) is 0 Å². The Morgan fingerprint density at radius 2 is 0.775 bits per heavy atom. The van der Waals surface area contributed by atoms with Crippen LogP contribution in [0.1, 0.15) is 34.6 Å². The zero-order valence-electron chi connectivity index (χ0n) is 23.1. The van der Waals surface area contributed by atoms with E-state index in [0.29, 0.717) is 39.5 Å². The van der Waals surface area contributed by atoms with Gasteiger partial charge in [-0.05, 0) is 60.4 Å². The number of Topliss-reactive ketones (excluding diaryl/α,β-unsaturated/α-hetero) is 2. The van der Waals surface area contributed by atoms with Crippen molar-refractivity contribution in [2.75, 3.05) is 50.2 Å². The molecule has 0 heterocycles. The van der Waals surface area contributed by atoms with Gasteiger partial charge in [-0.1, -0.05) is 72.8 Å². The van der Waals surface area contributed by atoms with Crippen molar-refractivity contribution >= 4 is 22.9 Å². The highest BCUT2D eigenvalue weighted by Crippen LogP contribution is 2.23. The second kappa shape index (κ2) is 14.8. The molecule has 0 aliphatic rings. The van der Waals surface area contributed by atoms with Crippen LogP contribution in [0.5, 0.6) is 0 Å². The monoisotopic (exact) mass is 536 g/mol. The van der Waals surface area contributed by atoms with Gasteiger partial charge in [0, 0.05) is 35.6 Å². The van der Waals surface area contributed by atoms with Crippen LogP contribution in [0, 0.1) is 0 Å². The van der Waals surface area contributed by atoms with Gasteiger partial charge >= 0.3 is 0 Å². The lowest BCUT2D eigenvalue weighted by Gasteiger charge is -2.10. The fourth-order valence-electron chi connectivity index (χ4n) is 4.21. The van der Waals surface area contributed by atoms with Crippen molar-refractivity contribution in [3.63, 3.8) is 0 Å². The summed E-state index contributed by atoms with van der Waals surface area (Å²) in [5.74, 6) is 0.150. The van der Waals surface area contributed by atoms with Gasteiger partial charge in [0.2, 0.25) is 0 Å². The molecule has 6 nitrogen and oxygen atoms in total. The smallest absolute Gasteiger partial charge is 0.159 e. The van der Waals surface area contributed by atoms with Gasteiger partial charge in [-0.15, -0.1) is 0 Å². The molecule has 0 aliphatic carbocycles. The number of hydrogen-bond acceptors (Lipinski definition) is 6. The van der Waals surface area contributed by atoms with Crippen molar-refractivity contribution in [2.24, 2.45) is 0 Å². The molecule has 0 saturated heterocycles. The van der Waals surface area contributed by atoms with E-state index in [1.54, 1.807) is 13.8 Å². The SMILES string of the molecule is CC(=O)c1ccc(-c2ccc(NCCOCCOCCNc3ccc(-c4ccc(C(C)=O)cc4)cc3)cc2)cc1. The minimum absolute atomic E-state index is 0.0751. The van der Waals surface area contributed by atoms with E-state index >= 15 is 0 Å². The van der Waals surface area contributed by atoms with Gasteiger partial charge in [0.1, 0.15) is 0 Å². The van der Waals surface area contributed by atoms with Crippen LogP contribution >= 0.6 is 0 Å². The van der Waals surface area contributed by atoms with Crippen LogP contribution in [0.3, 0.4) is 0 Å². The number of anilines is 2. The lowest BCUT2D eigenvalue weighted by atomic mass is 10.0. The molecule has 206 valence electrons. The topological polar surface area (TPSA) is 76.7 Å². The Balaban J connectivity index is 1.04. The molecule has 4 aromatic carbocycles. The maximum Gasteiger partial charge on any atom is 0.159 e. The summed E-state index contributed by atoms with van der Waals surface area (Å²) in [4.78, 5) is 22.9. The Labute approximate surface area is 236 Å². The Bertz CT molecular complexity index is 1250. The van der Waals surface area contributed by atoms with E-state index in [2.05, 4.69) is 34.9 Å². The van der Waals surface area contributed by atoms with Crippen molar-refractivity contribution in [3.05, 3.63) is 108 Å². The molecule has 0 aliphatic heterocycles. The average molecular weight is 537 g/mol. The molecule has 0 spiro atoms. The van der Waals surface area contributed by atoms with Crippen LogP contribution in [0.15, 0.2) is 97.1 Å². The number of benzene rings is 4. The molecule has 0 bridgehead atoms. The van der Waals surface area contributed by atoms with Crippen molar-refractivity contribution in [3.8, 4) is 22.3 Å². The molecular weight excluding hydrogens is 500 g/mol. The fraction of sp³-hybridized carbons (Fsp3) is 0.235. The predicted molar refractivity (Wildman–Crippen MR) is 162 cm³/mol. The number of ketones is 2. The summed E-state index contributed by atoms with van der Waals surface area (Å²) in [6.45, 7) is 6.87. The van der Waals surface area contributed by atoms with Crippen LogP contribution in [0.25, 0.3) is 22.3 Å². The van der Waals surface area contributed by atoms with Crippen LogP contribution < -0.4 is 10.6 Å². The number of rotatable bonds is 15. The zero-order valence-corrected chi connectivity index (χ0v) is 23.1. The van der Waals surface area contributed by atoms with Crippen molar-refractivity contribution in [1.29, 1.82) is 0 Å². The summed E-state index contributed by atoms with van der Waals surface area (Å²) < 4.78 is 11.3. The minimum atomic E-state index is 0.0751. The number of nitrogens with one attached hydrogen (secondary N) is 2. The molecule has 6 heteroatoms. The zero-order chi connectivity index (χ0) is 28.2. The maximum atomic E-state index is 11.4. The molecule has 0 radical (unpaired) electrons. The van der Waals surface area contributed by atoms with Gasteiger partial charge in [0.05, 0.1) is 26.4 Å². The van der Waals surface area contributed by atoms with Crippen molar-refractivity contribution in [2.45, 2.75) is 13.8 Å². The highest BCUT2D eigenvalue weighted by molar-refractivity contribution is 5.95. The predicted octanol–water partition coefficient (Wildman–Crippen LogP) is 6.98. The third kappa shape index (κ3) is 8.63. The van der Waals surface area contributed by atoms with E-state index in [0.717, 1.165) is 44.8 Å². The first-order valence-electron chi connectivity index (χ1n) is 13.6. The third-order valence-corrected chi connectivity index (χ3v) is 6.54. The minimum Gasteiger partial charge on any atom is -0.383 e. The molecule has 4 rings (SSSR count). The second-order valence-corrected chi connectivity index (χ2v) is 9.50. The van der Waals surface area contributed by atoms with Gasteiger partial charge in [0.25, 0.3) is 0 Å². The molecule has 0 amide bonds. The van der Waals surface area contributed by atoms with E-state index in [4.69, 9.17) is 9.47 Å². The van der Waals surface area contributed by atoms with E-state index in [1.165, 1.54) is 0 Å². The number of carbonyl (C=O) groups excluding carboxylic acids is 2. The van der Waals surface area contributed by atoms with E-state index < -0.39 is 0 Å². The molecule has 4 aromatic rings. The first kappa shape index (κ1) is 28.7. The highest BCUT2D eigenvalue weighted by atomic mass is 16.5. The molecule has 0 fully saturated rings. The summed E-state index contributed by atoms with van der Waals surface area (Å²) in [6.07, 6.45) is 0. The Hall–Kier alpha value is -4.26. The van der Waals surface area contributed by atoms with Gasteiger partial charge < -0.3 is 20.1 Å². The number of carbonyl (C=O) groups is 2. The average Bonchev–Trinajstić information content (AvgIpc) is 2.99. The summed E-state index contributed by atoms with van der Waals surface area (Å²) in [5, 5.41) is 6.73. The molecule has 40 heavy (non-hydrogen) atoms. The Morgan fingerprint density at radius 3 is 1.07 bits per heavy atom. The second-order valence-electron chi connectivity index (χ2n) is 9.50. The van der Waals surface area contributed by atoms with Crippen LogP contribution in [-0.2, 0) is 9.47 Å². The molecule has 2 N–H and O–H groups in total. The van der Waals surface area contributed by atoms with Crippen LogP contribution in [-0.4, -0.2) is 51.1 Å². The first-order chi connectivity index (χ1) is 19.5. The Kier molecular flexibility index (Phi) is 10.6. The first-order valence-corrected chi connectivity index (χ1v) is 13.6. The molecule has 0 unspecified atom stereocenters. The lowest BCUT2D eigenvalue weighted by Crippen LogP contribution is -2.15. The molecular formula is C34H36N2O4. The van der Waals surface area contributed by atoms with Gasteiger partial charge in [0.15, 0.2) is 11.6 Å². The molecule has 0 saturated carbocycles.